The van der Waals surface area contributed by atoms with Gasteiger partial charge in [-0.15, -0.1) is 0 Å². The largest absolute Gasteiger partial charge is 0.497 e. The summed E-state index contributed by atoms with van der Waals surface area (Å²) in [7, 11) is 1.59. The molecule has 1 aromatic rings. The molecule has 0 bridgehead atoms. The van der Waals surface area contributed by atoms with Gasteiger partial charge in [0.2, 0.25) is 11.8 Å². The molecule has 1 saturated heterocycles. The molecule has 120 valence electrons. The quantitative estimate of drug-likeness (QED) is 0.775. The topological polar surface area (TPSA) is 76.7 Å². The first kappa shape index (κ1) is 16.3. The first-order valence-electron chi connectivity index (χ1n) is 7.45. The van der Waals surface area contributed by atoms with E-state index >= 15 is 0 Å². The fourth-order valence-electron chi connectivity index (χ4n) is 2.27. The lowest BCUT2D eigenvalue weighted by Gasteiger charge is -2.11. The summed E-state index contributed by atoms with van der Waals surface area (Å²) in [6.07, 6.45) is 2.37. The Labute approximate surface area is 130 Å². The van der Waals surface area contributed by atoms with Crippen molar-refractivity contribution in [1.82, 2.24) is 10.6 Å². The Hall–Kier alpha value is -2.08. The van der Waals surface area contributed by atoms with Gasteiger partial charge in [-0.2, -0.15) is 0 Å². The van der Waals surface area contributed by atoms with Crippen LogP contribution in [0.25, 0.3) is 0 Å². The molecule has 1 heterocycles. The third-order valence-corrected chi connectivity index (χ3v) is 3.52. The number of amides is 2. The molecule has 1 aromatic carbocycles. The summed E-state index contributed by atoms with van der Waals surface area (Å²) < 4.78 is 10.5. The van der Waals surface area contributed by atoms with Crippen molar-refractivity contribution >= 4 is 11.8 Å². The van der Waals surface area contributed by atoms with Crippen molar-refractivity contribution < 1.29 is 19.1 Å². The summed E-state index contributed by atoms with van der Waals surface area (Å²) >= 11 is 0. The zero-order valence-electron chi connectivity index (χ0n) is 12.8. The van der Waals surface area contributed by atoms with Crippen molar-refractivity contribution in [3.63, 3.8) is 0 Å². The molecule has 1 atom stereocenters. The fraction of sp³-hybridized carbons (Fsp3) is 0.500. The van der Waals surface area contributed by atoms with Gasteiger partial charge >= 0.3 is 0 Å². The van der Waals surface area contributed by atoms with E-state index in [-0.39, 0.29) is 30.9 Å². The van der Waals surface area contributed by atoms with E-state index in [4.69, 9.17) is 9.47 Å². The molecular formula is C16H22N2O4. The van der Waals surface area contributed by atoms with Crippen LogP contribution in [-0.2, 0) is 20.7 Å². The second-order valence-corrected chi connectivity index (χ2v) is 5.24. The molecule has 22 heavy (non-hydrogen) atoms. The van der Waals surface area contributed by atoms with E-state index in [1.165, 1.54) is 0 Å². The van der Waals surface area contributed by atoms with Gasteiger partial charge in [0.25, 0.3) is 0 Å². The zero-order chi connectivity index (χ0) is 15.8. The van der Waals surface area contributed by atoms with E-state index in [0.717, 1.165) is 30.8 Å². The van der Waals surface area contributed by atoms with Crippen LogP contribution in [0.15, 0.2) is 24.3 Å². The number of nitrogens with one attached hydrogen (secondary N) is 2. The normalized spacial score (nSPS) is 17.0. The van der Waals surface area contributed by atoms with Crippen molar-refractivity contribution in [3.05, 3.63) is 29.8 Å². The molecule has 0 radical (unpaired) electrons. The average Bonchev–Trinajstić information content (AvgIpc) is 3.05. The molecule has 6 nitrogen and oxygen atoms in total. The summed E-state index contributed by atoms with van der Waals surface area (Å²) in [6.45, 7) is 1.26. The predicted molar refractivity (Wildman–Crippen MR) is 81.7 cm³/mol. The van der Waals surface area contributed by atoms with Gasteiger partial charge in [-0.25, -0.2) is 0 Å². The Morgan fingerprint density at radius 2 is 2.00 bits per heavy atom. The highest BCUT2D eigenvalue weighted by atomic mass is 16.5. The molecule has 1 aliphatic rings. The van der Waals surface area contributed by atoms with Gasteiger partial charge in [0.1, 0.15) is 5.75 Å². The molecule has 2 amide bonds. The molecule has 0 spiro atoms. The Kier molecular flexibility index (Phi) is 6.21. The summed E-state index contributed by atoms with van der Waals surface area (Å²) in [5.74, 6) is 0.369. The van der Waals surface area contributed by atoms with Crippen molar-refractivity contribution in [3.8, 4) is 5.75 Å². The molecule has 0 aromatic heterocycles. The van der Waals surface area contributed by atoms with Crippen LogP contribution in [0, 0.1) is 0 Å². The first-order valence-corrected chi connectivity index (χ1v) is 7.45. The van der Waals surface area contributed by atoms with E-state index in [9.17, 15) is 9.59 Å². The standard InChI is InChI=1S/C16H22N2O4/c1-21-13-6-4-12(5-7-13)9-15(19)18-11-16(20)17-10-14-3-2-8-22-14/h4-7,14H,2-3,8-11H2,1H3,(H,17,20)(H,18,19). The molecule has 1 unspecified atom stereocenters. The maximum Gasteiger partial charge on any atom is 0.239 e. The highest BCUT2D eigenvalue weighted by molar-refractivity contribution is 5.85. The number of rotatable bonds is 7. The number of benzene rings is 1. The molecule has 0 aliphatic carbocycles. The van der Waals surface area contributed by atoms with Crippen molar-refractivity contribution in [2.75, 3.05) is 26.8 Å². The SMILES string of the molecule is COc1ccc(CC(=O)NCC(=O)NCC2CCCO2)cc1. The Morgan fingerprint density at radius 3 is 2.64 bits per heavy atom. The first-order chi connectivity index (χ1) is 10.7. The van der Waals surface area contributed by atoms with Crippen molar-refractivity contribution in [2.24, 2.45) is 0 Å². The average molecular weight is 306 g/mol. The van der Waals surface area contributed by atoms with Crippen LogP contribution in [-0.4, -0.2) is 44.7 Å². The van der Waals surface area contributed by atoms with Gasteiger partial charge in [-0.1, -0.05) is 12.1 Å². The summed E-state index contributed by atoms with van der Waals surface area (Å²) in [6, 6.07) is 7.26. The minimum absolute atomic E-state index is 0.0122. The van der Waals surface area contributed by atoms with Crippen LogP contribution in [0.3, 0.4) is 0 Å². The third kappa shape index (κ3) is 5.37. The molecule has 1 fully saturated rings. The van der Waals surface area contributed by atoms with E-state index in [0.29, 0.717) is 6.54 Å². The Morgan fingerprint density at radius 1 is 1.23 bits per heavy atom. The molecular weight excluding hydrogens is 284 g/mol. The van der Waals surface area contributed by atoms with Crippen LogP contribution in [0.4, 0.5) is 0 Å². The van der Waals surface area contributed by atoms with Gasteiger partial charge in [0, 0.05) is 13.2 Å². The van der Waals surface area contributed by atoms with Gasteiger partial charge in [0.15, 0.2) is 0 Å². The molecule has 6 heteroatoms. The monoisotopic (exact) mass is 306 g/mol. The van der Waals surface area contributed by atoms with Gasteiger partial charge < -0.3 is 20.1 Å². The summed E-state index contributed by atoms with van der Waals surface area (Å²) in [4.78, 5) is 23.4. The van der Waals surface area contributed by atoms with Crippen LogP contribution in [0.5, 0.6) is 5.75 Å². The molecule has 2 N–H and O–H groups in total. The molecule has 0 saturated carbocycles. The lowest BCUT2D eigenvalue weighted by molar-refractivity contribution is -0.126. The summed E-state index contributed by atoms with van der Waals surface area (Å²) in [5.41, 5.74) is 0.873. The van der Waals surface area contributed by atoms with E-state index in [2.05, 4.69) is 10.6 Å². The fourth-order valence-corrected chi connectivity index (χ4v) is 2.27. The third-order valence-electron chi connectivity index (χ3n) is 3.52. The Balaban J connectivity index is 1.64. The van der Waals surface area contributed by atoms with Gasteiger partial charge in [0.05, 0.1) is 26.2 Å². The number of ether oxygens (including phenoxy) is 2. The lowest BCUT2D eigenvalue weighted by Crippen LogP contribution is -2.40. The number of methoxy groups -OCH3 is 1. The molecule has 2 rings (SSSR count). The van der Waals surface area contributed by atoms with Crippen LogP contribution < -0.4 is 15.4 Å². The zero-order valence-corrected chi connectivity index (χ0v) is 12.8. The number of hydrogen-bond donors (Lipinski definition) is 2. The maximum absolute atomic E-state index is 11.8. The van der Waals surface area contributed by atoms with Gasteiger partial charge in [-0.05, 0) is 30.5 Å². The van der Waals surface area contributed by atoms with Crippen molar-refractivity contribution in [2.45, 2.75) is 25.4 Å². The van der Waals surface area contributed by atoms with Gasteiger partial charge in [-0.3, -0.25) is 9.59 Å². The Bertz CT molecular complexity index is 495. The number of carbonyl (C=O) groups is 2. The smallest absolute Gasteiger partial charge is 0.239 e. The van der Waals surface area contributed by atoms with E-state index in [1.807, 2.05) is 12.1 Å². The van der Waals surface area contributed by atoms with Crippen LogP contribution in [0.2, 0.25) is 0 Å². The number of carbonyl (C=O) groups excluding carboxylic acids is 2. The lowest BCUT2D eigenvalue weighted by atomic mass is 10.1. The summed E-state index contributed by atoms with van der Waals surface area (Å²) in [5, 5.41) is 5.38. The van der Waals surface area contributed by atoms with E-state index < -0.39 is 0 Å². The highest BCUT2D eigenvalue weighted by Gasteiger charge is 2.16. The minimum atomic E-state index is -0.196. The van der Waals surface area contributed by atoms with E-state index in [1.54, 1.807) is 19.2 Å². The maximum atomic E-state index is 11.8. The highest BCUT2D eigenvalue weighted by Crippen LogP contribution is 2.11. The van der Waals surface area contributed by atoms with Crippen LogP contribution >= 0.6 is 0 Å². The number of hydrogen-bond acceptors (Lipinski definition) is 4. The second kappa shape index (κ2) is 8.38. The molecule has 1 aliphatic heterocycles. The van der Waals surface area contributed by atoms with Crippen LogP contribution in [0.1, 0.15) is 18.4 Å². The minimum Gasteiger partial charge on any atom is -0.497 e. The van der Waals surface area contributed by atoms with Crippen molar-refractivity contribution in [1.29, 1.82) is 0 Å². The second-order valence-electron chi connectivity index (χ2n) is 5.24. The predicted octanol–water partition coefficient (Wildman–Crippen LogP) is 0.649.